The number of carbonyl (C=O) groups is 2. The van der Waals surface area contributed by atoms with E-state index in [1.807, 2.05) is 30.3 Å². The van der Waals surface area contributed by atoms with Crippen LogP contribution in [0.4, 0.5) is 4.39 Å². The lowest BCUT2D eigenvalue weighted by Gasteiger charge is -2.13. The van der Waals surface area contributed by atoms with Crippen LogP contribution < -0.4 is 5.73 Å². The number of Topliss-reactive ketones (excluding diaryl/α,β-unsaturated/α-hetero) is 1. The molecule has 0 spiro atoms. The lowest BCUT2D eigenvalue weighted by molar-refractivity contribution is -0.127. The molecule has 4 heteroatoms. The van der Waals surface area contributed by atoms with Crippen LogP contribution in [0.3, 0.4) is 0 Å². The molecule has 23 heavy (non-hydrogen) atoms. The number of nitrogens with two attached hydrogens (primary N) is 1. The highest BCUT2D eigenvalue weighted by molar-refractivity contribution is 5.87. The molecule has 1 atom stereocenters. The summed E-state index contributed by atoms with van der Waals surface area (Å²) in [4.78, 5) is 23.8. The van der Waals surface area contributed by atoms with E-state index in [-0.39, 0.29) is 18.6 Å². The van der Waals surface area contributed by atoms with Crippen molar-refractivity contribution in [2.75, 3.05) is 0 Å². The van der Waals surface area contributed by atoms with E-state index in [0.717, 1.165) is 11.1 Å². The van der Waals surface area contributed by atoms with E-state index in [2.05, 4.69) is 0 Å². The van der Waals surface area contributed by atoms with Gasteiger partial charge in [-0.2, -0.15) is 0 Å². The lowest BCUT2D eigenvalue weighted by Crippen LogP contribution is -2.28. The molecule has 2 rings (SSSR count). The molecule has 120 valence electrons. The number of amides is 1. The molecule has 2 aromatic carbocycles. The zero-order valence-electron chi connectivity index (χ0n) is 13.1. The quantitative estimate of drug-likeness (QED) is 0.854. The molecule has 0 saturated heterocycles. The molecule has 3 nitrogen and oxygen atoms in total. The molecular formula is C19H20FNO2. The fourth-order valence-electron chi connectivity index (χ4n) is 2.53. The second kappa shape index (κ2) is 7.68. The van der Waals surface area contributed by atoms with Crippen LogP contribution in [-0.2, 0) is 22.4 Å². The van der Waals surface area contributed by atoms with E-state index in [1.54, 1.807) is 19.1 Å². The van der Waals surface area contributed by atoms with Gasteiger partial charge in [-0.15, -0.1) is 0 Å². The zero-order valence-corrected chi connectivity index (χ0v) is 13.1. The van der Waals surface area contributed by atoms with Crippen molar-refractivity contribution in [2.45, 2.75) is 26.2 Å². The van der Waals surface area contributed by atoms with E-state index in [1.165, 1.54) is 6.07 Å². The van der Waals surface area contributed by atoms with Gasteiger partial charge in [0.05, 0.1) is 0 Å². The van der Waals surface area contributed by atoms with Crippen LogP contribution in [0.1, 0.15) is 23.1 Å². The Morgan fingerprint density at radius 3 is 2.43 bits per heavy atom. The highest BCUT2D eigenvalue weighted by atomic mass is 19.1. The number of hydrogen-bond donors (Lipinski definition) is 1. The number of rotatable bonds is 7. The summed E-state index contributed by atoms with van der Waals surface area (Å²) in [7, 11) is 0. The molecular weight excluding hydrogens is 293 g/mol. The molecule has 0 saturated carbocycles. The van der Waals surface area contributed by atoms with Gasteiger partial charge in [0.2, 0.25) is 5.91 Å². The Balaban J connectivity index is 2.02. The lowest BCUT2D eigenvalue weighted by atomic mass is 9.91. The zero-order chi connectivity index (χ0) is 16.8. The van der Waals surface area contributed by atoms with E-state index >= 15 is 0 Å². The Bertz CT molecular complexity index is 698. The Morgan fingerprint density at radius 2 is 1.83 bits per heavy atom. The maximum absolute atomic E-state index is 13.8. The Hall–Kier alpha value is -2.49. The van der Waals surface area contributed by atoms with Gasteiger partial charge in [-0.25, -0.2) is 4.39 Å². The summed E-state index contributed by atoms with van der Waals surface area (Å²) in [6.07, 6.45) is 0.417. The van der Waals surface area contributed by atoms with Crippen molar-refractivity contribution in [3.63, 3.8) is 0 Å². The highest BCUT2D eigenvalue weighted by Crippen LogP contribution is 2.16. The molecule has 1 amide bonds. The minimum Gasteiger partial charge on any atom is -0.369 e. The van der Waals surface area contributed by atoms with E-state index in [9.17, 15) is 14.0 Å². The average molecular weight is 313 g/mol. The minimum atomic E-state index is -0.571. The highest BCUT2D eigenvalue weighted by Gasteiger charge is 2.20. The number of aryl methyl sites for hydroxylation is 1. The smallest absolute Gasteiger partial charge is 0.221 e. The van der Waals surface area contributed by atoms with Gasteiger partial charge < -0.3 is 5.73 Å². The van der Waals surface area contributed by atoms with Gasteiger partial charge >= 0.3 is 0 Å². The summed E-state index contributed by atoms with van der Waals surface area (Å²) in [6.45, 7) is 1.79. The number of primary amides is 1. The first-order valence-electron chi connectivity index (χ1n) is 7.55. The van der Waals surface area contributed by atoms with Gasteiger partial charge in [0.15, 0.2) is 0 Å². The van der Waals surface area contributed by atoms with E-state index in [0.29, 0.717) is 12.0 Å². The van der Waals surface area contributed by atoms with Crippen LogP contribution in [0.15, 0.2) is 48.5 Å². The minimum absolute atomic E-state index is 0.0231. The molecule has 0 aliphatic heterocycles. The van der Waals surface area contributed by atoms with Crippen LogP contribution in [0.5, 0.6) is 0 Å². The SMILES string of the molecule is Cc1ccc(CC(=O)CC(Cc2ccccc2)C(N)=O)c(F)c1. The molecule has 0 heterocycles. The largest absolute Gasteiger partial charge is 0.369 e. The van der Waals surface area contributed by atoms with Crippen LogP contribution in [0.2, 0.25) is 0 Å². The maximum atomic E-state index is 13.8. The summed E-state index contributed by atoms with van der Waals surface area (Å²) in [5.74, 6) is -1.66. The van der Waals surface area contributed by atoms with Crippen LogP contribution >= 0.6 is 0 Å². The van der Waals surface area contributed by atoms with Crippen molar-refractivity contribution < 1.29 is 14.0 Å². The summed E-state index contributed by atoms with van der Waals surface area (Å²) >= 11 is 0. The van der Waals surface area contributed by atoms with Crippen molar-refractivity contribution in [1.82, 2.24) is 0 Å². The molecule has 0 aliphatic carbocycles. The number of carbonyl (C=O) groups excluding carboxylic acids is 2. The topological polar surface area (TPSA) is 60.2 Å². The first-order chi connectivity index (χ1) is 11.0. The monoisotopic (exact) mass is 313 g/mol. The third kappa shape index (κ3) is 5.02. The fraction of sp³-hybridized carbons (Fsp3) is 0.263. The molecule has 0 fully saturated rings. The Morgan fingerprint density at radius 1 is 1.13 bits per heavy atom. The predicted molar refractivity (Wildman–Crippen MR) is 87.3 cm³/mol. The van der Waals surface area contributed by atoms with Crippen molar-refractivity contribution in [3.8, 4) is 0 Å². The van der Waals surface area contributed by atoms with Crippen molar-refractivity contribution in [2.24, 2.45) is 11.7 Å². The van der Waals surface area contributed by atoms with Gasteiger partial charge in [0.25, 0.3) is 0 Å². The molecule has 2 aromatic rings. The van der Waals surface area contributed by atoms with Gasteiger partial charge in [-0.1, -0.05) is 42.5 Å². The van der Waals surface area contributed by atoms with Crippen molar-refractivity contribution >= 4 is 11.7 Å². The first kappa shape index (κ1) is 16.9. The predicted octanol–water partition coefficient (Wildman–Crippen LogP) is 2.98. The Kier molecular flexibility index (Phi) is 5.63. The summed E-state index contributed by atoms with van der Waals surface area (Å²) in [5, 5.41) is 0. The maximum Gasteiger partial charge on any atom is 0.221 e. The van der Waals surface area contributed by atoms with Crippen LogP contribution in [0, 0.1) is 18.7 Å². The fourth-order valence-corrected chi connectivity index (χ4v) is 2.53. The third-order valence-electron chi connectivity index (χ3n) is 3.80. The van der Waals surface area contributed by atoms with Crippen LogP contribution in [0.25, 0.3) is 0 Å². The van der Waals surface area contributed by atoms with Gasteiger partial charge in [0, 0.05) is 18.8 Å². The molecule has 0 radical (unpaired) electrons. The average Bonchev–Trinajstić information content (AvgIpc) is 2.50. The van der Waals surface area contributed by atoms with Crippen LogP contribution in [-0.4, -0.2) is 11.7 Å². The van der Waals surface area contributed by atoms with Crippen molar-refractivity contribution in [3.05, 3.63) is 71.0 Å². The van der Waals surface area contributed by atoms with Gasteiger partial charge in [-0.3, -0.25) is 9.59 Å². The normalized spacial score (nSPS) is 11.9. The molecule has 0 aliphatic rings. The summed E-state index contributed by atoms with van der Waals surface area (Å²) in [5.41, 5.74) is 7.51. The number of hydrogen-bond acceptors (Lipinski definition) is 2. The van der Waals surface area contributed by atoms with E-state index in [4.69, 9.17) is 5.73 Å². The Labute approximate surface area is 135 Å². The van der Waals surface area contributed by atoms with Crippen molar-refractivity contribution in [1.29, 1.82) is 0 Å². The summed E-state index contributed by atoms with van der Waals surface area (Å²) < 4.78 is 13.8. The molecule has 0 bridgehead atoms. The molecule has 1 unspecified atom stereocenters. The van der Waals surface area contributed by atoms with Gasteiger partial charge in [-0.05, 0) is 36.1 Å². The number of halogens is 1. The standard InChI is InChI=1S/C19H20FNO2/c1-13-7-8-15(18(20)9-13)11-17(22)12-16(19(21)23)10-14-5-3-2-4-6-14/h2-9,16H,10-12H2,1H3,(H2,21,23). The second-order valence-electron chi connectivity index (χ2n) is 5.80. The summed E-state index contributed by atoms with van der Waals surface area (Å²) in [6, 6.07) is 14.2. The number of benzene rings is 2. The molecule has 0 aromatic heterocycles. The second-order valence-corrected chi connectivity index (χ2v) is 5.80. The molecule has 2 N–H and O–H groups in total. The number of ketones is 1. The third-order valence-corrected chi connectivity index (χ3v) is 3.80. The van der Waals surface area contributed by atoms with E-state index < -0.39 is 17.6 Å². The van der Waals surface area contributed by atoms with Gasteiger partial charge in [0.1, 0.15) is 11.6 Å². The first-order valence-corrected chi connectivity index (χ1v) is 7.55.